The summed E-state index contributed by atoms with van der Waals surface area (Å²) in [6, 6.07) is 0. The lowest BCUT2D eigenvalue weighted by Crippen LogP contribution is -2.33. The molecule has 0 spiro atoms. The summed E-state index contributed by atoms with van der Waals surface area (Å²) in [7, 11) is 0. The largest absolute Gasteiger partial charge is 0.370 e. The average Bonchev–Trinajstić information content (AvgIpc) is 2.79. The molecule has 2 aliphatic carbocycles. The minimum absolute atomic E-state index is 0.655. The van der Waals surface area contributed by atoms with Gasteiger partial charge in [0, 0.05) is 13.1 Å². The lowest BCUT2D eigenvalue weighted by Gasteiger charge is -2.23. The highest BCUT2D eigenvalue weighted by molar-refractivity contribution is 5.77. The molecule has 0 atom stereocenters. The Morgan fingerprint density at radius 2 is 1.72 bits per heavy atom. The van der Waals surface area contributed by atoms with Crippen LogP contribution in [0, 0.1) is 11.8 Å². The second kappa shape index (κ2) is 7.65. The van der Waals surface area contributed by atoms with Crippen LogP contribution in [0.1, 0.15) is 64.2 Å². The summed E-state index contributed by atoms with van der Waals surface area (Å²) in [6.07, 6.45) is 13.9. The highest BCUT2D eigenvalue weighted by Gasteiger charge is 2.16. The molecule has 18 heavy (non-hydrogen) atoms. The van der Waals surface area contributed by atoms with E-state index < -0.39 is 0 Å². The summed E-state index contributed by atoms with van der Waals surface area (Å²) in [5, 5.41) is 3.24. The van der Waals surface area contributed by atoms with Crippen LogP contribution in [0.15, 0.2) is 4.99 Å². The standard InChI is InChI=1S/C15H29N3/c16-15(18-12-14-9-5-10-14)17-11-4-3-8-13-6-1-2-7-13/h13-14H,1-12H2,(H3,16,17,18). The van der Waals surface area contributed by atoms with E-state index in [2.05, 4.69) is 10.3 Å². The highest BCUT2D eigenvalue weighted by Crippen LogP contribution is 2.28. The first-order chi connectivity index (χ1) is 8.84. The molecule has 2 saturated carbocycles. The van der Waals surface area contributed by atoms with Crippen molar-refractivity contribution in [2.45, 2.75) is 64.2 Å². The van der Waals surface area contributed by atoms with E-state index in [4.69, 9.17) is 5.73 Å². The molecule has 2 rings (SSSR count). The van der Waals surface area contributed by atoms with Crippen LogP contribution in [0.4, 0.5) is 0 Å². The average molecular weight is 251 g/mol. The SMILES string of the molecule is NC(=NCC1CCC1)NCCCCC1CCCC1. The first-order valence-corrected chi connectivity index (χ1v) is 7.88. The molecule has 0 saturated heterocycles. The van der Waals surface area contributed by atoms with Gasteiger partial charge in [-0.15, -0.1) is 0 Å². The van der Waals surface area contributed by atoms with Crippen molar-refractivity contribution >= 4 is 5.96 Å². The smallest absolute Gasteiger partial charge is 0.188 e. The Hall–Kier alpha value is -0.730. The number of rotatable bonds is 7. The van der Waals surface area contributed by atoms with Gasteiger partial charge in [-0.25, -0.2) is 0 Å². The second-order valence-corrected chi connectivity index (χ2v) is 6.10. The van der Waals surface area contributed by atoms with Crippen LogP contribution in [0.5, 0.6) is 0 Å². The number of hydrogen-bond acceptors (Lipinski definition) is 1. The van der Waals surface area contributed by atoms with Gasteiger partial charge in [-0.3, -0.25) is 4.99 Å². The molecule has 0 aromatic carbocycles. The highest BCUT2D eigenvalue weighted by atomic mass is 15.1. The van der Waals surface area contributed by atoms with Crippen molar-refractivity contribution in [1.29, 1.82) is 0 Å². The zero-order valence-electron chi connectivity index (χ0n) is 11.7. The third kappa shape index (κ3) is 4.87. The van der Waals surface area contributed by atoms with E-state index in [1.54, 1.807) is 0 Å². The zero-order valence-corrected chi connectivity index (χ0v) is 11.7. The summed E-state index contributed by atoms with van der Waals surface area (Å²) in [4.78, 5) is 4.40. The number of nitrogens with one attached hydrogen (secondary N) is 1. The Labute approximate surface area is 112 Å². The van der Waals surface area contributed by atoms with Crippen molar-refractivity contribution < 1.29 is 0 Å². The van der Waals surface area contributed by atoms with E-state index in [0.717, 1.165) is 24.9 Å². The van der Waals surface area contributed by atoms with Crippen LogP contribution in [0.25, 0.3) is 0 Å². The van der Waals surface area contributed by atoms with Gasteiger partial charge in [0.15, 0.2) is 5.96 Å². The monoisotopic (exact) mass is 251 g/mol. The minimum atomic E-state index is 0.655. The van der Waals surface area contributed by atoms with Crippen molar-refractivity contribution in [3.63, 3.8) is 0 Å². The first kappa shape index (κ1) is 13.7. The fraction of sp³-hybridized carbons (Fsp3) is 0.933. The van der Waals surface area contributed by atoms with Crippen LogP contribution < -0.4 is 11.1 Å². The molecular weight excluding hydrogens is 222 g/mol. The van der Waals surface area contributed by atoms with Crippen molar-refractivity contribution in [3.8, 4) is 0 Å². The second-order valence-electron chi connectivity index (χ2n) is 6.10. The van der Waals surface area contributed by atoms with E-state index in [1.165, 1.54) is 64.2 Å². The number of guanidine groups is 1. The maximum absolute atomic E-state index is 5.84. The molecule has 0 unspecified atom stereocenters. The van der Waals surface area contributed by atoms with Crippen molar-refractivity contribution in [2.24, 2.45) is 22.6 Å². The summed E-state index contributed by atoms with van der Waals surface area (Å²) >= 11 is 0. The summed E-state index contributed by atoms with van der Waals surface area (Å²) < 4.78 is 0. The van der Waals surface area contributed by atoms with Gasteiger partial charge < -0.3 is 11.1 Å². The Morgan fingerprint density at radius 1 is 1.00 bits per heavy atom. The van der Waals surface area contributed by atoms with Gasteiger partial charge in [-0.2, -0.15) is 0 Å². The number of aliphatic imine (C=N–C) groups is 1. The van der Waals surface area contributed by atoms with Crippen molar-refractivity contribution in [2.75, 3.05) is 13.1 Å². The quantitative estimate of drug-likeness (QED) is 0.415. The van der Waals surface area contributed by atoms with Gasteiger partial charge in [0.05, 0.1) is 0 Å². The Bertz CT molecular complexity index is 252. The fourth-order valence-electron chi connectivity index (χ4n) is 3.03. The topological polar surface area (TPSA) is 50.4 Å². The third-order valence-electron chi connectivity index (χ3n) is 4.56. The molecule has 0 aliphatic heterocycles. The molecule has 0 aromatic heterocycles. The van der Waals surface area contributed by atoms with E-state index in [-0.39, 0.29) is 0 Å². The van der Waals surface area contributed by atoms with Gasteiger partial charge in [-0.05, 0) is 31.1 Å². The number of nitrogens with two attached hydrogens (primary N) is 1. The van der Waals surface area contributed by atoms with Gasteiger partial charge >= 0.3 is 0 Å². The predicted octanol–water partition coefficient (Wildman–Crippen LogP) is 3.05. The molecule has 0 amide bonds. The molecule has 0 aromatic rings. The van der Waals surface area contributed by atoms with E-state index in [0.29, 0.717) is 5.96 Å². The lowest BCUT2D eigenvalue weighted by molar-refractivity contribution is 0.326. The molecule has 3 nitrogen and oxygen atoms in total. The van der Waals surface area contributed by atoms with Gasteiger partial charge in [0.2, 0.25) is 0 Å². The van der Waals surface area contributed by atoms with Gasteiger partial charge in [0.1, 0.15) is 0 Å². The predicted molar refractivity (Wildman–Crippen MR) is 77.6 cm³/mol. The molecule has 104 valence electrons. The fourth-order valence-corrected chi connectivity index (χ4v) is 3.03. The normalized spacial score (nSPS) is 22.1. The van der Waals surface area contributed by atoms with Crippen LogP contribution >= 0.6 is 0 Å². The molecule has 2 fully saturated rings. The maximum atomic E-state index is 5.84. The molecule has 0 heterocycles. The lowest BCUT2D eigenvalue weighted by atomic mass is 9.86. The molecule has 2 aliphatic rings. The first-order valence-electron chi connectivity index (χ1n) is 7.88. The van der Waals surface area contributed by atoms with Crippen LogP contribution in [-0.4, -0.2) is 19.0 Å². The third-order valence-corrected chi connectivity index (χ3v) is 4.56. The number of unbranched alkanes of at least 4 members (excludes halogenated alkanes) is 1. The van der Waals surface area contributed by atoms with E-state index in [1.807, 2.05) is 0 Å². The van der Waals surface area contributed by atoms with Crippen LogP contribution in [0.2, 0.25) is 0 Å². The number of nitrogens with zero attached hydrogens (tertiary/aromatic N) is 1. The molecule has 0 radical (unpaired) electrons. The van der Waals surface area contributed by atoms with Crippen molar-refractivity contribution in [1.82, 2.24) is 5.32 Å². The zero-order chi connectivity index (χ0) is 12.6. The van der Waals surface area contributed by atoms with E-state index >= 15 is 0 Å². The summed E-state index contributed by atoms with van der Waals surface area (Å²) in [5.41, 5.74) is 5.84. The van der Waals surface area contributed by atoms with E-state index in [9.17, 15) is 0 Å². The summed E-state index contributed by atoms with van der Waals surface area (Å²) in [6.45, 7) is 1.92. The molecule has 3 N–H and O–H groups in total. The van der Waals surface area contributed by atoms with Gasteiger partial charge in [-0.1, -0.05) is 44.9 Å². The molecular formula is C15H29N3. The van der Waals surface area contributed by atoms with Crippen molar-refractivity contribution in [3.05, 3.63) is 0 Å². The maximum Gasteiger partial charge on any atom is 0.188 e. The minimum Gasteiger partial charge on any atom is -0.370 e. The summed E-state index contributed by atoms with van der Waals surface area (Å²) in [5.74, 6) is 2.49. The van der Waals surface area contributed by atoms with Crippen LogP contribution in [0.3, 0.4) is 0 Å². The molecule has 3 heteroatoms. The van der Waals surface area contributed by atoms with Crippen LogP contribution in [-0.2, 0) is 0 Å². The number of hydrogen-bond donors (Lipinski definition) is 2. The Kier molecular flexibility index (Phi) is 5.82. The van der Waals surface area contributed by atoms with Gasteiger partial charge in [0.25, 0.3) is 0 Å². The molecule has 0 bridgehead atoms. The Morgan fingerprint density at radius 3 is 2.39 bits per heavy atom. The Balaban J connectivity index is 1.43.